The summed E-state index contributed by atoms with van der Waals surface area (Å²) in [5.74, 6) is 0.438. The van der Waals surface area contributed by atoms with Crippen LogP contribution in [0.4, 0.5) is 0 Å². The van der Waals surface area contributed by atoms with E-state index in [0.29, 0.717) is 11.5 Å². The molecule has 1 heterocycles. The molecule has 1 saturated heterocycles. The van der Waals surface area contributed by atoms with Gasteiger partial charge in [-0.2, -0.15) is 0 Å². The van der Waals surface area contributed by atoms with E-state index in [0.717, 1.165) is 38.4 Å². The fraction of sp³-hybridized carbons (Fsp3) is 0.409. The van der Waals surface area contributed by atoms with Crippen LogP contribution in [0.5, 0.6) is 0 Å². The molecule has 0 unspecified atom stereocenters. The summed E-state index contributed by atoms with van der Waals surface area (Å²) in [6.45, 7) is 8.43. The molecule has 26 heavy (non-hydrogen) atoms. The average molecular weight is 352 g/mol. The summed E-state index contributed by atoms with van der Waals surface area (Å²) in [6.07, 6.45) is 0. The Morgan fingerprint density at radius 2 is 1.65 bits per heavy atom. The highest BCUT2D eigenvalue weighted by Gasteiger charge is 2.20. The van der Waals surface area contributed by atoms with Crippen LogP contribution in [0.1, 0.15) is 47.3 Å². The highest BCUT2D eigenvalue weighted by Crippen LogP contribution is 2.18. The molecule has 0 radical (unpaired) electrons. The van der Waals surface area contributed by atoms with E-state index in [1.807, 2.05) is 42.5 Å². The SMILES string of the molecule is CC(C)c1ccc(C(=O)N[C@H](CN2CCOCC2)c2ccccc2)cc1. The summed E-state index contributed by atoms with van der Waals surface area (Å²) in [5, 5.41) is 3.22. The van der Waals surface area contributed by atoms with Crippen molar-refractivity contribution in [1.82, 2.24) is 10.2 Å². The molecule has 138 valence electrons. The van der Waals surface area contributed by atoms with Crippen LogP contribution in [0.3, 0.4) is 0 Å². The lowest BCUT2D eigenvalue weighted by Gasteiger charge is -2.31. The number of benzene rings is 2. The number of hydrogen-bond donors (Lipinski definition) is 1. The molecule has 0 saturated carbocycles. The van der Waals surface area contributed by atoms with Crippen LogP contribution in [0.2, 0.25) is 0 Å². The second-order valence-corrected chi connectivity index (χ2v) is 7.13. The zero-order valence-electron chi connectivity index (χ0n) is 15.7. The summed E-state index contributed by atoms with van der Waals surface area (Å²) in [7, 11) is 0. The van der Waals surface area contributed by atoms with Gasteiger partial charge in [-0.3, -0.25) is 9.69 Å². The van der Waals surface area contributed by atoms with Crippen molar-refractivity contribution in [3.05, 3.63) is 71.3 Å². The lowest BCUT2D eigenvalue weighted by Crippen LogP contribution is -2.43. The molecular formula is C22H28N2O2. The predicted octanol–water partition coefficient (Wildman–Crippen LogP) is 3.61. The molecule has 1 aliphatic rings. The van der Waals surface area contributed by atoms with Gasteiger partial charge < -0.3 is 10.1 Å². The number of ether oxygens (including phenoxy) is 1. The third-order valence-electron chi connectivity index (χ3n) is 4.89. The standard InChI is InChI=1S/C22H28N2O2/c1-17(2)18-8-10-20(11-9-18)22(25)23-21(19-6-4-3-5-7-19)16-24-12-14-26-15-13-24/h3-11,17,21H,12-16H2,1-2H3,(H,23,25)/t21-/m1/s1. The Morgan fingerprint density at radius 1 is 1.00 bits per heavy atom. The molecule has 0 bridgehead atoms. The molecule has 2 aromatic carbocycles. The maximum atomic E-state index is 12.8. The summed E-state index contributed by atoms with van der Waals surface area (Å²) in [6, 6.07) is 18.1. The van der Waals surface area contributed by atoms with Gasteiger partial charge in [-0.25, -0.2) is 0 Å². The lowest BCUT2D eigenvalue weighted by atomic mass is 10.0. The van der Waals surface area contributed by atoms with Crippen molar-refractivity contribution in [3.63, 3.8) is 0 Å². The Balaban J connectivity index is 1.72. The molecule has 1 amide bonds. The van der Waals surface area contributed by atoms with Gasteiger partial charge in [0.1, 0.15) is 0 Å². The molecule has 4 heteroatoms. The van der Waals surface area contributed by atoms with Gasteiger partial charge in [0.15, 0.2) is 0 Å². The minimum Gasteiger partial charge on any atom is -0.379 e. The Hall–Kier alpha value is -2.17. The van der Waals surface area contributed by atoms with Crippen LogP contribution in [0.25, 0.3) is 0 Å². The van der Waals surface area contributed by atoms with Crippen molar-refractivity contribution in [2.75, 3.05) is 32.8 Å². The molecule has 0 aliphatic carbocycles. The fourth-order valence-electron chi connectivity index (χ4n) is 3.22. The van der Waals surface area contributed by atoms with Gasteiger partial charge in [0.2, 0.25) is 0 Å². The van der Waals surface area contributed by atoms with Crippen LogP contribution >= 0.6 is 0 Å². The van der Waals surface area contributed by atoms with E-state index < -0.39 is 0 Å². The zero-order valence-corrected chi connectivity index (χ0v) is 15.7. The number of nitrogens with zero attached hydrogens (tertiary/aromatic N) is 1. The lowest BCUT2D eigenvalue weighted by molar-refractivity contribution is 0.0332. The van der Waals surface area contributed by atoms with Crippen LogP contribution in [0.15, 0.2) is 54.6 Å². The van der Waals surface area contributed by atoms with E-state index in [2.05, 4.69) is 36.2 Å². The van der Waals surface area contributed by atoms with Crippen LogP contribution < -0.4 is 5.32 Å². The number of nitrogens with one attached hydrogen (secondary N) is 1. The van der Waals surface area contributed by atoms with E-state index in [1.165, 1.54) is 5.56 Å². The van der Waals surface area contributed by atoms with E-state index in [-0.39, 0.29) is 11.9 Å². The molecule has 0 spiro atoms. The topological polar surface area (TPSA) is 41.6 Å². The minimum absolute atomic E-state index is 0.0255. The van der Waals surface area contributed by atoms with Crippen LogP contribution in [-0.4, -0.2) is 43.7 Å². The molecule has 1 N–H and O–H groups in total. The first kappa shape index (κ1) is 18.6. The Bertz CT molecular complexity index is 692. The van der Waals surface area contributed by atoms with Gasteiger partial charge in [0.05, 0.1) is 19.3 Å². The maximum Gasteiger partial charge on any atom is 0.251 e. The second kappa shape index (κ2) is 8.97. The van der Waals surface area contributed by atoms with Crippen molar-refractivity contribution in [3.8, 4) is 0 Å². The summed E-state index contributed by atoms with van der Waals surface area (Å²) in [4.78, 5) is 15.1. The molecule has 2 aromatic rings. The second-order valence-electron chi connectivity index (χ2n) is 7.13. The molecule has 1 aliphatic heterocycles. The summed E-state index contributed by atoms with van der Waals surface area (Å²) >= 11 is 0. The maximum absolute atomic E-state index is 12.8. The molecule has 1 atom stereocenters. The number of morpholine rings is 1. The molecule has 0 aromatic heterocycles. The molecule has 3 rings (SSSR count). The average Bonchev–Trinajstić information content (AvgIpc) is 2.69. The first-order chi connectivity index (χ1) is 12.6. The van der Waals surface area contributed by atoms with Crippen molar-refractivity contribution >= 4 is 5.91 Å². The highest BCUT2D eigenvalue weighted by molar-refractivity contribution is 5.94. The van der Waals surface area contributed by atoms with Crippen molar-refractivity contribution in [2.45, 2.75) is 25.8 Å². The third kappa shape index (κ3) is 4.93. The Kier molecular flexibility index (Phi) is 6.42. The number of amides is 1. The van der Waals surface area contributed by atoms with Gasteiger partial charge in [0, 0.05) is 25.2 Å². The summed E-state index contributed by atoms with van der Waals surface area (Å²) < 4.78 is 5.44. The first-order valence-corrected chi connectivity index (χ1v) is 9.39. The largest absolute Gasteiger partial charge is 0.379 e. The van der Waals surface area contributed by atoms with E-state index in [9.17, 15) is 4.79 Å². The first-order valence-electron chi connectivity index (χ1n) is 9.39. The third-order valence-corrected chi connectivity index (χ3v) is 4.89. The summed E-state index contributed by atoms with van der Waals surface area (Å²) in [5.41, 5.74) is 3.08. The number of rotatable bonds is 6. The van der Waals surface area contributed by atoms with E-state index >= 15 is 0 Å². The normalized spacial score (nSPS) is 16.4. The fourth-order valence-corrected chi connectivity index (χ4v) is 3.22. The van der Waals surface area contributed by atoms with Gasteiger partial charge >= 0.3 is 0 Å². The number of carbonyl (C=O) groups is 1. The van der Waals surface area contributed by atoms with Gasteiger partial charge in [0.25, 0.3) is 5.91 Å². The van der Waals surface area contributed by atoms with Crippen molar-refractivity contribution in [2.24, 2.45) is 0 Å². The van der Waals surface area contributed by atoms with E-state index in [4.69, 9.17) is 4.74 Å². The number of hydrogen-bond acceptors (Lipinski definition) is 3. The van der Waals surface area contributed by atoms with E-state index in [1.54, 1.807) is 0 Å². The highest BCUT2D eigenvalue weighted by atomic mass is 16.5. The molecule has 1 fully saturated rings. The monoisotopic (exact) mass is 352 g/mol. The Morgan fingerprint density at radius 3 is 2.27 bits per heavy atom. The predicted molar refractivity (Wildman–Crippen MR) is 104 cm³/mol. The van der Waals surface area contributed by atoms with Crippen molar-refractivity contribution < 1.29 is 9.53 Å². The quantitative estimate of drug-likeness (QED) is 0.863. The minimum atomic E-state index is -0.0356. The smallest absolute Gasteiger partial charge is 0.251 e. The number of carbonyl (C=O) groups excluding carboxylic acids is 1. The van der Waals surface area contributed by atoms with Crippen molar-refractivity contribution in [1.29, 1.82) is 0 Å². The molecular weight excluding hydrogens is 324 g/mol. The van der Waals surface area contributed by atoms with Crippen LogP contribution in [-0.2, 0) is 4.74 Å². The van der Waals surface area contributed by atoms with Crippen LogP contribution in [0, 0.1) is 0 Å². The molecule has 4 nitrogen and oxygen atoms in total. The van der Waals surface area contributed by atoms with Gasteiger partial charge in [-0.15, -0.1) is 0 Å². The van der Waals surface area contributed by atoms with Gasteiger partial charge in [-0.05, 0) is 29.2 Å². The zero-order chi connectivity index (χ0) is 18.4. The Labute approximate surface area is 156 Å². The van der Waals surface area contributed by atoms with Gasteiger partial charge in [-0.1, -0.05) is 56.3 Å².